The zero-order valence-electron chi connectivity index (χ0n) is 14.0. The predicted octanol–water partition coefficient (Wildman–Crippen LogP) is 4.70. The third kappa shape index (κ3) is 3.02. The molecule has 0 bridgehead atoms. The van der Waals surface area contributed by atoms with Crippen molar-refractivity contribution in [2.24, 2.45) is 5.10 Å². The lowest BCUT2D eigenvalue weighted by molar-refractivity contribution is -0.385. The maximum Gasteiger partial charge on any atom is 0.269 e. The number of fused-ring (bicyclic) bond motifs is 1. The van der Waals surface area contributed by atoms with Crippen molar-refractivity contribution in [1.29, 1.82) is 0 Å². The Morgan fingerprint density at radius 2 is 2.07 bits per heavy atom. The summed E-state index contributed by atoms with van der Waals surface area (Å²) >= 11 is 7.89. The van der Waals surface area contributed by atoms with Gasteiger partial charge in [0.25, 0.3) is 11.6 Å². The van der Waals surface area contributed by atoms with Gasteiger partial charge in [0.2, 0.25) is 12.1 Å². The van der Waals surface area contributed by atoms with Crippen molar-refractivity contribution in [3.8, 4) is 0 Å². The molecule has 2 aromatic carbocycles. The average Bonchev–Trinajstić information content (AvgIpc) is 3.24. The monoisotopic (exact) mass is 401 g/mol. The minimum atomic E-state index is -0.890. The van der Waals surface area contributed by atoms with Gasteiger partial charge in [0.15, 0.2) is 0 Å². The number of non-ortho nitro benzene ring substituents is 1. The number of carbonyl (C=O) groups excluding carboxylic acids is 1. The standard InChI is InChI=1S/C18H12ClN3O4S/c1-10(23)21-18(11-5-4-6-12(9-11)22(24)25)26-17(20-21)16-15(19)13-7-2-3-8-14(13)27-16/h2-9,18H,1H3. The fourth-order valence-electron chi connectivity index (χ4n) is 2.82. The fraction of sp³-hybridized carbons (Fsp3) is 0.111. The number of benzene rings is 2. The first-order valence-corrected chi connectivity index (χ1v) is 9.12. The maximum atomic E-state index is 12.1. The Bertz CT molecular complexity index is 1110. The van der Waals surface area contributed by atoms with Gasteiger partial charge in [-0.05, 0) is 6.07 Å². The van der Waals surface area contributed by atoms with Crippen LogP contribution < -0.4 is 0 Å². The van der Waals surface area contributed by atoms with Crippen LogP contribution in [0.1, 0.15) is 23.6 Å². The van der Waals surface area contributed by atoms with Gasteiger partial charge in [-0.25, -0.2) is 0 Å². The van der Waals surface area contributed by atoms with Crippen molar-refractivity contribution in [3.05, 3.63) is 74.1 Å². The molecule has 136 valence electrons. The number of ether oxygens (including phenoxy) is 1. The zero-order valence-corrected chi connectivity index (χ0v) is 15.5. The molecule has 1 aromatic heterocycles. The lowest BCUT2D eigenvalue weighted by Crippen LogP contribution is -2.25. The van der Waals surface area contributed by atoms with Crippen LogP contribution in [0.2, 0.25) is 5.02 Å². The molecule has 3 aromatic rings. The van der Waals surface area contributed by atoms with E-state index in [4.69, 9.17) is 16.3 Å². The molecule has 2 heterocycles. The molecule has 4 rings (SSSR count). The predicted molar refractivity (Wildman–Crippen MR) is 103 cm³/mol. The van der Waals surface area contributed by atoms with E-state index in [9.17, 15) is 14.9 Å². The van der Waals surface area contributed by atoms with Crippen LogP contribution in [0.15, 0.2) is 53.6 Å². The first-order chi connectivity index (χ1) is 13.0. The third-order valence-corrected chi connectivity index (χ3v) is 5.73. The highest BCUT2D eigenvalue weighted by molar-refractivity contribution is 7.21. The second kappa shape index (κ2) is 6.64. The van der Waals surface area contributed by atoms with E-state index < -0.39 is 11.2 Å². The molecule has 9 heteroatoms. The molecule has 0 saturated heterocycles. The smallest absolute Gasteiger partial charge is 0.269 e. The van der Waals surface area contributed by atoms with Gasteiger partial charge in [-0.1, -0.05) is 41.9 Å². The van der Waals surface area contributed by atoms with Crippen molar-refractivity contribution in [3.63, 3.8) is 0 Å². The summed E-state index contributed by atoms with van der Waals surface area (Å²) in [6.45, 7) is 1.35. The molecule has 1 amide bonds. The van der Waals surface area contributed by atoms with Gasteiger partial charge in [0.05, 0.1) is 9.95 Å². The molecule has 0 saturated carbocycles. The van der Waals surface area contributed by atoms with Crippen LogP contribution in [0.5, 0.6) is 0 Å². The fourth-order valence-corrected chi connectivity index (χ4v) is 4.26. The summed E-state index contributed by atoms with van der Waals surface area (Å²) < 4.78 is 6.88. The van der Waals surface area contributed by atoms with Crippen LogP contribution >= 0.6 is 22.9 Å². The molecule has 1 unspecified atom stereocenters. The quantitative estimate of drug-likeness (QED) is 0.470. The highest BCUT2D eigenvalue weighted by atomic mass is 35.5. The van der Waals surface area contributed by atoms with E-state index in [2.05, 4.69) is 5.10 Å². The van der Waals surface area contributed by atoms with Crippen molar-refractivity contribution < 1.29 is 14.5 Å². The number of hydrazone groups is 1. The van der Waals surface area contributed by atoms with Gasteiger partial charge < -0.3 is 4.74 Å². The lowest BCUT2D eigenvalue weighted by atomic mass is 10.1. The Balaban J connectivity index is 1.75. The largest absolute Gasteiger partial charge is 0.445 e. The SMILES string of the molecule is CC(=O)N1N=C(c2sc3ccccc3c2Cl)OC1c1cccc([N+](=O)[O-])c1. The van der Waals surface area contributed by atoms with E-state index in [0.29, 0.717) is 15.5 Å². The lowest BCUT2D eigenvalue weighted by Gasteiger charge is -2.18. The minimum Gasteiger partial charge on any atom is -0.445 e. The Kier molecular flexibility index (Phi) is 4.29. The van der Waals surface area contributed by atoms with Gasteiger partial charge in [-0.15, -0.1) is 16.4 Å². The Morgan fingerprint density at radius 3 is 2.78 bits per heavy atom. The number of hydrogen-bond donors (Lipinski definition) is 0. The number of nitrogens with zero attached hydrogens (tertiary/aromatic N) is 3. The molecule has 0 N–H and O–H groups in total. The topological polar surface area (TPSA) is 85.0 Å². The van der Waals surface area contributed by atoms with Crippen LogP contribution in [0, 0.1) is 10.1 Å². The molecule has 1 aliphatic heterocycles. The van der Waals surface area contributed by atoms with E-state index in [1.165, 1.54) is 30.4 Å². The number of rotatable bonds is 3. The first kappa shape index (κ1) is 17.4. The number of nitro groups is 1. The number of halogens is 1. The highest BCUT2D eigenvalue weighted by Gasteiger charge is 2.35. The molecule has 0 fully saturated rings. The Hall–Kier alpha value is -2.97. The van der Waals surface area contributed by atoms with Crippen molar-refractivity contribution in [2.45, 2.75) is 13.2 Å². The maximum absolute atomic E-state index is 12.1. The van der Waals surface area contributed by atoms with E-state index >= 15 is 0 Å². The molecule has 0 aliphatic carbocycles. The van der Waals surface area contributed by atoms with E-state index in [1.54, 1.807) is 12.1 Å². The molecule has 27 heavy (non-hydrogen) atoms. The summed E-state index contributed by atoms with van der Waals surface area (Å²) in [5, 5.41) is 17.9. The average molecular weight is 402 g/mol. The van der Waals surface area contributed by atoms with E-state index in [0.717, 1.165) is 15.1 Å². The van der Waals surface area contributed by atoms with Crippen molar-refractivity contribution in [1.82, 2.24) is 5.01 Å². The normalized spacial score (nSPS) is 16.3. The van der Waals surface area contributed by atoms with Crippen molar-refractivity contribution in [2.75, 3.05) is 0 Å². The molecule has 1 atom stereocenters. The minimum absolute atomic E-state index is 0.0899. The highest BCUT2D eigenvalue weighted by Crippen LogP contribution is 2.39. The Labute approximate surface area is 162 Å². The zero-order chi connectivity index (χ0) is 19.1. The third-order valence-electron chi connectivity index (χ3n) is 4.06. The van der Waals surface area contributed by atoms with Gasteiger partial charge in [-0.2, -0.15) is 5.01 Å². The summed E-state index contributed by atoms with van der Waals surface area (Å²) in [5.41, 5.74) is 0.364. The van der Waals surface area contributed by atoms with Gasteiger partial charge in [0.1, 0.15) is 4.88 Å². The molecule has 0 radical (unpaired) electrons. The molecule has 7 nitrogen and oxygen atoms in total. The summed E-state index contributed by atoms with van der Waals surface area (Å²) in [4.78, 5) is 23.2. The van der Waals surface area contributed by atoms with Crippen LogP contribution in [-0.2, 0) is 9.53 Å². The van der Waals surface area contributed by atoms with Gasteiger partial charge >= 0.3 is 0 Å². The van der Waals surface area contributed by atoms with Gasteiger partial charge in [0, 0.05) is 34.7 Å². The summed E-state index contributed by atoms with van der Waals surface area (Å²) in [6.07, 6.45) is -0.890. The number of hydrogen-bond acceptors (Lipinski definition) is 6. The Morgan fingerprint density at radius 1 is 1.30 bits per heavy atom. The molecular formula is C18H12ClN3O4S. The summed E-state index contributed by atoms with van der Waals surface area (Å²) in [7, 11) is 0. The number of carbonyl (C=O) groups is 1. The first-order valence-electron chi connectivity index (χ1n) is 7.92. The van der Waals surface area contributed by atoms with Gasteiger partial charge in [-0.3, -0.25) is 14.9 Å². The second-order valence-corrected chi connectivity index (χ2v) is 7.26. The van der Waals surface area contributed by atoms with Crippen LogP contribution in [0.3, 0.4) is 0 Å². The van der Waals surface area contributed by atoms with Crippen molar-refractivity contribution >= 4 is 50.5 Å². The number of amides is 1. The second-order valence-electron chi connectivity index (χ2n) is 5.83. The number of thiophene rings is 1. The molecule has 0 spiro atoms. The summed E-state index contributed by atoms with van der Waals surface area (Å²) in [6, 6.07) is 13.6. The molecule has 1 aliphatic rings. The molecular weight excluding hydrogens is 390 g/mol. The summed E-state index contributed by atoms with van der Waals surface area (Å²) in [5.74, 6) is -0.133. The van der Waals surface area contributed by atoms with E-state index in [-0.39, 0.29) is 17.5 Å². The number of nitro benzene ring substituents is 1. The van der Waals surface area contributed by atoms with E-state index in [1.807, 2.05) is 24.3 Å². The van der Waals surface area contributed by atoms with Crippen LogP contribution in [-0.4, -0.2) is 21.7 Å². The van der Waals surface area contributed by atoms with Crippen LogP contribution in [0.4, 0.5) is 5.69 Å². The van der Waals surface area contributed by atoms with Crippen LogP contribution in [0.25, 0.3) is 10.1 Å².